The van der Waals surface area contributed by atoms with E-state index in [0.29, 0.717) is 5.92 Å². The van der Waals surface area contributed by atoms with Crippen molar-refractivity contribution in [1.29, 1.82) is 0 Å². The van der Waals surface area contributed by atoms with Crippen LogP contribution in [0.2, 0.25) is 0 Å². The standard InChI is InChI=1S/C25H32N4O2S/c1-8-17(6)28-29-25-26-20-12-16(5)23(18(7)24(20)32-25)27-22(30)13-31-21-11-15(4)9-10-19(21)14(2)3/h9-12,14H,8,13H2,1-7H3,(H,26,29)(H,27,30)/b28-17+. The number of fused-ring (bicyclic) bond motifs is 1. The van der Waals surface area contributed by atoms with Gasteiger partial charge in [0.2, 0.25) is 5.13 Å². The number of hydrazone groups is 1. The number of amides is 1. The number of carbonyl (C=O) groups excluding carboxylic acids is 1. The molecule has 0 saturated carbocycles. The van der Waals surface area contributed by atoms with Gasteiger partial charge in [-0.1, -0.05) is 44.2 Å². The highest BCUT2D eigenvalue weighted by Gasteiger charge is 2.16. The molecule has 6 nitrogen and oxygen atoms in total. The fourth-order valence-electron chi connectivity index (χ4n) is 3.41. The van der Waals surface area contributed by atoms with Gasteiger partial charge in [0.15, 0.2) is 6.61 Å². The number of rotatable bonds is 8. The fourth-order valence-corrected chi connectivity index (χ4v) is 4.30. The van der Waals surface area contributed by atoms with Crippen LogP contribution in [-0.2, 0) is 4.79 Å². The van der Waals surface area contributed by atoms with E-state index in [4.69, 9.17) is 4.74 Å². The Kier molecular flexibility index (Phi) is 7.51. The largest absolute Gasteiger partial charge is 0.483 e. The minimum atomic E-state index is -0.183. The zero-order chi connectivity index (χ0) is 23.4. The molecule has 0 unspecified atom stereocenters. The lowest BCUT2D eigenvalue weighted by Crippen LogP contribution is -2.21. The maximum Gasteiger partial charge on any atom is 0.262 e. The smallest absolute Gasteiger partial charge is 0.262 e. The lowest BCUT2D eigenvalue weighted by atomic mass is 10.0. The number of ether oxygens (including phenoxy) is 1. The Morgan fingerprint density at radius 3 is 2.66 bits per heavy atom. The SMILES string of the molecule is CC/C(C)=N/Nc1nc2cc(C)c(NC(=O)COc3cc(C)ccc3C(C)C)c(C)c2s1. The number of aryl methyl sites for hydroxylation is 3. The quantitative estimate of drug-likeness (QED) is 0.300. The first-order chi connectivity index (χ1) is 15.2. The Balaban J connectivity index is 1.77. The number of nitrogens with one attached hydrogen (secondary N) is 2. The summed E-state index contributed by atoms with van der Waals surface area (Å²) < 4.78 is 6.93. The van der Waals surface area contributed by atoms with Crippen molar-refractivity contribution < 1.29 is 9.53 Å². The van der Waals surface area contributed by atoms with E-state index >= 15 is 0 Å². The normalized spacial score (nSPS) is 11.8. The van der Waals surface area contributed by atoms with Gasteiger partial charge >= 0.3 is 0 Å². The van der Waals surface area contributed by atoms with Gasteiger partial charge in [0.1, 0.15) is 5.75 Å². The van der Waals surface area contributed by atoms with Crippen molar-refractivity contribution in [2.75, 3.05) is 17.3 Å². The summed E-state index contributed by atoms with van der Waals surface area (Å²) in [6, 6.07) is 8.11. The maximum atomic E-state index is 12.7. The van der Waals surface area contributed by atoms with Crippen LogP contribution < -0.4 is 15.5 Å². The van der Waals surface area contributed by atoms with Crippen molar-refractivity contribution >= 4 is 44.0 Å². The van der Waals surface area contributed by atoms with E-state index < -0.39 is 0 Å². The van der Waals surface area contributed by atoms with E-state index in [9.17, 15) is 4.79 Å². The summed E-state index contributed by atoms with van der Waals surface area (Å²) in [5.74, 6) is 0.901. The van der Waals surface area contributed by atoms with Crippen LogP contribution in [0.4, 0.5) is 10.8 Å². The summed E-state index contributed by atoms with van der Waals surface area (Å²) in [6.07, 6.45) is 0.884. The lowest BCUT2D eigenvalue weighted by Gasteiger charge is -2.16. The number of carbonyl (C=O) groups is 1. The highest BCUT2D eigenvalue weighted by atomic mass is 32.1. The first kappa shape index (κ1) is 23.7. The molecule has 0 saturated heterocycles. The molecule has 1 amide bonds. The number of nitrogens with zero attached hydrogens (tertiary/aromatic N) is 2. The van der Waals surface area contributed by atoms with Crippen LogP contribution in [0.15, 0.2) is 29.4 Å². The van der Waals surface area contributed by atoms with Crippen molar-refractivity contribution in [3.8, 4) is 5.75 Å². The molecule has 0 aliphatic heterocycles. The number of anilines is 2. The van der Waals surface area contributed by atoms with Crippen LogP contribution in [0.25, 0.3) is 10.2 Å². The zero-order valence-electron chi connectivity index (χ0n) is 19.9. The second kappa shape index (κ2) is 10.1. The molecule has 7 heteroatoms. The third kappa shape index (κ3) is 5.46. The van der Waals surface area contributed by atoms with Crippen molar-refractivity contribution in [3.63, 3.8) is 0 Å². The summed E-state index contributed by atoms with van der Waals surface area (Å²) in [7, 11) is 0. The molecular formula is C25H32N4O2S. The van der Waals surface area contributed by atoms with Gasteiger partial charge in [0.05, 0.1) is 10.2 Å². The van der Waals surface area contributed by atoms with Gasteiger partial charge in [-0.25, -0.2) is 4.98 Å². The summed E-state index contributed by atoms with van der Waals surface area (Å²) in [4.78, 5) is 17.4. The summed E-state index contributed by atoms with van der Waals surface area (Å²) in [5, 5.41) is 8.12. The molecule has 0 spiro atoms. The average Bonchev–Trinajstić information content (AvgIpc) is 3.16. The van der Waals surface area contributed by atoms with Gasteiger partial charge in [-0.05, 0) is 74.4 Å². The molecule has 0 fully saturated rings. The molecule has 1 aromatic heterocycles. The zero-order valence-corrected chi connectivity index (χ0v) is 20.7. The molecule has 3 aromatic rings. The predicted molar refractivity (Wildman–Crippen MR) is 136 cm³/mol. The van der Waals surface area contributed by atoms with Crippen LogP contribution in [0, 0.1) is 20.8 Å². The second-order valence-corrected chi connectivity index (χ2v) is 9.41. The summed E-state index contributed by atoms with van der Waals surface area (Å²) in [6.45, 7) is 14.2. The first-order valence-corrected chi connectivity index (χ1v) is 11.7. The Morgan fingerprint density at radius 2 is 1.97 bits per heavy atom. The highest BCUT2D eigenvalue weighted by molar-refractivity contribution is 7.22. The molecule has 170 valence electrons. The molecule has 3 rings (SSSR count). The molecule has 1 heterocycles. The van der Waals surface area contributed by atoms with Crippen LogP contribution in [0.1, 0.15) is 62.3 Å². The van der Waals surface area contributed by atoms with Gasteiger partial charge in [-0.3, -0.25) is 10.2 Å². The van der Waals surface area contributed by atoms with E-state index in [2.05, 4.69) is 53.7 Å². The minimum Gasteiger partial charge on any atom is -0.483 e. The van der Waals surface area contributed by atoms with E-state index in [1.165, 1.54) is 11.3 Å². The Morgan fingerprint density at radius 1 is 1.22 bits per heavy atom. The van der Waals surface area contributed by atoms with Gasteiger partial charge in [0.25, 0.3) is 5.91 Å². The van der Waals surface area contributed by atoms with E-state index in [-0.39, 0.29) is 12.5 Å². The van der Waals surface area contributed by atoms with E-state index in [0.717, 1.165) is 61.2 Å². The molecule has 0 bridgehead atoms. The maximum absolute atomic E-state index is 12.7. The van der Waals surface area contributed by atoms with Crippen molar-refractivity contribution in [2.45, 2.75) is 60.8 Å². The molecule has 0 atom stereocenters. The van der Waals surface area contributed by atoms with E-state index in [1.54, 1.807) is 0 Å². The van der Waals surface area contributed by atoms with Gasteiger partial charge in [0, 0.05) is 11.4 Å². The van der Waals surface area contributed by atoms with Crippen LogP contribution in [0.5, 0.6) is 5.75 Å². The van der Waals surface area contributed by atoms with Crippen LogP contribution in [0.3, 0.4) is 0 Å². The second-order valence-electron chi connectivity index (χ2n) is 8.41. The fraction of sp³-hybridized carbons (Fsp3) is 0.400. The average molecular weight is 453 g/mol. The van der Waals surface area contributed by atoms with Crippen molar-refractivity contribution in [1.82, 2.24) is 4.98 Å². The number of benzene rings is 2. The Bertz CT molecular complexity index is 1160. The Hall–Kier alpha value is -2.93. The monoisotopic (exact) mass is 452 g/mol. The van der Waals surface area contributed by atoms with Gasteiger partial charge in [-0.15, -0.1) is 0 Å². The molecule has 32 heavy (non-hydrogen) atoms. The molecule has 0 aliphatic rings. The number of aromatic nitrogens is 1. The molecule has 2 aromatic carbocycles. The van der Waals surface area contributed by atoms with Crippen molar-refractivity contribution in [3.05, 3.63) is 46.5 Å². The highest BCUT2D eigenvalue weighted by Crippen LogP contribution is 2.35. The van der Waals surface area contributed by atoms with Crippen molar-refractivity contribution in [2.24, 2.45) is 5.10 Å². The van der Waals surface area contributed by atoms with Crippen LogP contribution >= 0.6 is 11.3 Å². The number of hydrogen-bond donors (Lipinski definition) is 2. The molecule has 2 N–H and O–H groups in total. The molecule has 0 radical (unpaired) electrons. The number of hydrogen-bond acceptors (Lipinski definition) is 6. The third-order valence-electron chi connectivity index (χ3n) is 5.38. The van der Waals surface area contributed by atoms with E-state index in [1.807, 2.05) is 39.8 Å². The number of thiazole rings is 1. The summed E-state index contributed by atoms with van der Waals surface area (Å²) in [5.41, 5.74) is 9.92. The summed E-state index contributed by atoms with van der Waals surface area (Å²) >= 11 is 1.53. The lowest BCUT2D eigenvalue weighted by molar-refractivity contribution is -0.118. The first-order valence-electron chi connectivity index (χ1n) is 10.9. The molecule has 0 aliphatic carbocycles. The Labute approximate surface area is 194 Å². The van der Waals surface area contributed by atoms with Crippen LogP contribution in [-0.4, -0.2) is 23.2 Å². The van der Waals surface area contributed by atoms with Gasteiger partial charge in [-0.2, -0.15) is 5.10 Å². The molecular weight excluding hydrogens is 420 g/mol. The third-order valence-corrected chi connectivity index (χ3v) is 6.48. The van der Waals surface area contributed by atoms with Gasteiger partial charge < -0.3 is 10.1 Å². The predicted octanol–water partition coefficient (Wildman–Crippen LogP) is 6.56. The topological polar surface area (TPSA) is 75.6 Å². The minimum absolute atomic E-state index is 0.0411.